The number of hydrogen-bond acceptors (Lipinski definition) is 6. The predicted molar refractivity (Wildman–Crippen MR) is 78.7 cm³/mol. The minimum atomic E-state index is 0.204. The third kappa shape index (κ3) is 3.23. The van der Waals surface area contributed by atoms with E-state index in [2.05, 4.69) is 52.6 Å². The lowest BCUT2D eigenvalue weighted by Gasteiger charge is -2.28. The summed E-state index contributed by atoms with van der Waals surface area (Å²) in [6, 6.07) is 2.10. The molecule has 7 nitrogen and oxygen atoms in total. The van der Waals surface area contributed by atoms with Crippen LogP contribution in [0.4, 0.5) is 11.9 Å². The molecular formula is C13H21N7. The number of rotatable bonds is 5. The summed E-state index contributed by atoms with van der Waals surface area (Å²) < 4.78 is 1.58. The summed E-state index contributed by atoms with van der Waals surface area (Å²) in [7, 11) is 0. The highest BCUT2D eigenvalue weighted by molar-refractivity contribution is 5.38. The van der Waals surface area contributed by atoms with Gasteiger partial charge < -0.3 is 10.6 Å². The van der Waals surface area contributed by atoms with Crippen molar-refractivity contribution in [3.05, 3.63) is 18.5 Å². The molecule has 2 heterocycles. The molecule has 2 N–H and O–H groups in total. The lowest BCUT2D eigenvalue weighted by molar-refractivity contribution is 0.558. The fourth-order valence-corrected chi connectivity index (χ4v) is 1.90. The Morgan fingerprint density at radius 3 is 2.50 bits per heavy atom. The Labute approximate surface area is 118 Å². The molecule has 0 saturated heterocycles. The largest absolute Gasteiger partial charge is 0.368 e. The van der Waals surface area contributed by atoms with Crippen molar-refractivity contribution in [1.29, 1.82) is 0 Å². The van der Waals surface area contributed by atoms with Gasteiger partial charge in [0.2, 0.25) is 11.9 Å². The third-order valence-electron chi connectivity index (χ3n) is 2.78. The van der Waals surface area contributed by atoms with Crippen LogP contribution in [-0.2, 0) is 0 Å². The van der Waals surface area contributed by atoms with Crippen LogP contribution in [0.2, 0.25) is 0 Å². The summed E-state index contributed by atoms with van der Waals surface area (Å²) in [5.41, 5.74) is 5.80. The lowest BCUT2D eigenvalue weighted by Crippen LogP contribution is -2.36. The summed E-state index contributed by atoms with van der Waals surface area (Å²) in [4.78, 5) is 15.0. The van der Waals surface area contributed by atoms with Gasteiger partial charge in [-0.15, -0.1) is 0 Å². The van der Waals surface area contributed by atoms with Gasteiger partial charge in [-0.1, -0.05) is 13.8 Å². The van der Waals surface area contributed by atoms with Gasteiger partial charge in [0.05, 0.1) is 0 Å². The van der Waals surface area contributed by atoms with Gasteiger partial charge in [0.1, 0.15) is 0 Å². The Morgan fingerprint density at radius 1 is 1.20 bits per heavy atom. The van der Waals surface area contributed by atoms with Crippen molar-refractivity contribution in [1.82, 2.24) is 24.7 Å². The zero-order valence-electron chi connectivity index (χ0n) is 12.4. The maximum Gasteiger partial charge on any atom is 0.257 e. The van der Waals surface area contributed by atoms with Crippen molar-refractivity contribution < 1.29 is 0 Å². The van der Waals surface area contributed by atoms with E-state index in [1.807, 2.05) is 6.07 Å². The van der Waals surface area contributed by atoms with E-state index in [0.29, 0.717) is 17.8 Å². The quantitative estimate of drug-likeness (QED) is 0.890. The summed E-state index contributed by atoms with van der Waals surface area (Å²) in [6.45, 7) is 9.40. The van der Waals surface area contributed by atoms with Crippen LogP contribution in [0.1, 0.15) is 27.7 Å². The minimum Gasteiger partial charge on any atom is -0.368 e. The van der Waals surface area contributed by atoms with E-state index in [1.54, 1.807) is 17.1 Å². The van der Waals surface area contributed by atoms with Crippen LogP contribution in [0.3, 0.4) is 0 Å². The minimum absolute atomic E-state index is 0.204. The zero-order valence-corrected chi connectivity index (χ0v) is 12.4. The van der Waals surface area contributed by atoms with Crippen LogP contribution < -0.4 is 10.6 Å². The van der Waals surface area contributed by atoms with Crippen LogP contribution in [0, 0.1) is 5.92 Å². The van der Waals surface area contributed by atoms with Crippen LogP contribution in [-0.4, -0.2) is 37.3 Å². The number of nitrogens with zero attached hydrogens (tertiary/aromatic N) is 6. The smallest absolute Gasteiger partial charge is 0.257 e. The number of hydrogen-bond donors (Lipinski definition) is 1. The van der Waals surface area contributed by atoms with E-state index in [0.717, 1.165) is 6.54 Å². The van der Waals surface area contributed by atoms with E-state index in [4.69, 9.17) is 5.73 Å². The van der Waals surface area contributed by atoms with Gasteiger partial charge in [0.15, 0.2) is 0 Å². The predicted octanol–water partition coefficient (Wildman–Crippen LogP) is 1.51. The molecule has 2 aromatic rings. The topological polar surface area (TPSA) is 85.8 Å². The number of aromatic nitrogens is 5. The molecule has 0 radical (unpaired) electrons. The van der Waals surface area contributed by atoms with Gasteiger partial charge in [0, 0.05) is 25.0 Å². The van der Waals surface area contributed by atoms with Crippen LogP contribution >= 0.6 is 0 Å². The van der Waals surface area contributed by atoms with Crippen molar-refractivity contribution >= 4 is 11.9 Å². The van der Waals surface area contributed by atoms with Crippen molar-refractivity contribution in [3.63, 3.8) is 0 Å². The molecule has 7 heteroatoms. The highest BCUT2D eigenvalue weighted by Gasteiger charge is 2.17. The van der Waals surface area contributed by atoms with E-state index < -0.39 is 0 Å². The van der Waals surface area contributed by atoms with Crippen molar-refractivity contribution in [3.8, 4) is 5.95 Å². The highest BCUT2D eigenvalue weighted by Crippen LogP contribution is 2.16. The van der Waals surface area contributed by atoms with E-state index in [-0.39, 0.29) is 12.0 Å². The second kappa shape index (κ2) is 5.85. The molecule has 0 fully saturated rings. The normalized spacial score (nSPS) is 11.3. The summed E-state index contributed by atoms with van der Waals surface area (Å²) in [5, 5.41) is 4.12. The van der Waals surface area contributed by atoms with Crippen molar-refractivity contribution in [2.45, 2.75) is 33.7 Å². The molecule has 108 valence electrons. The Balaban J connectivity index is 2.40. The van der Waals surface area contributed by atoms with Crippen LogP contribution in [0.15, 0.2) is 18.5 Å². The standard InChI is InChI=1S/C13H21N7/c1-9(2)8-19(10(3)4)12-16-11(14)17-13(18-12)20-7-5-6-15-20/h5-7,9-10H,8H2,1-4H3,(H2,14,16,17,18). The maximum atomic E-state index is 5.80. The number of nitrogens with two attached hydrogens (primary N) is 1. The highest BCUT2D eigenvalue weighted by atomic mass is 15.4. The Bertz CT molecular complexity index is 548. The molecule has 0 unspecified atom stereocenters. The molecule has 0 spiro atoms. The third-order valence-corrected chi connectivity index (χ3v) is 2.78. The van der Waals surface area contributed by atoms with Gasteiger partial charge in [-0.25, -0.2) is 4.68 Å². The first kappa shape index (κ1) is 14.2. The molecule has 2 aromatic heterocycles. The van der Waals surface area contributed by atoms with Crippen LogP contribution in [0.25, 0.3) is 5.95 Å². The fourth-order valence-electron chi connectivity index (χ4n) is 1.90. The van der Waals surface area contributed by atoms with E-state index in [9.17, 15) is 0 Å². The molecule has 0 aliphatic carbocycles. The molecule has 0 aliphatic heterocycles. The number of nitrogen functional groups attached to an aromatic ring is 1. The Hall–Kier alpha value is -2.18. The van der Waals surface area contributed by atoms with E-state index >= 15 is 0 Å². The first-order valence-electron chi connectivity index (χ1n) is 6.75. The maximum absolute atomic E-state index is 5.80. The van der Waals surface area contributed by atoms with Crippen LogP contribution in [0.5, 0.6) is 0 Å². The summed E-state index contributed by atoms with van der Waals surface area (Å²) in [5.74, 6) is 1.73. The van der Waals surface area contributed by atoms with Gasteiger partial charge >= 0.3 is 0 Å². The molecule has 0 aliphatic rings. The van der Waals surface area contributed by atoms with Gasteiger partial charge in [-0.3, -0.25) is 0 Å². The first-order chi connectivity index (χ1) is 9.47. The number of anilines is 2. The molecule has 0 atom stereocenters. The molecule has 0 aromatic carbocycles. The average molecular weight is 275 g/mol. The zero-order chi connectivity index (χ0) is 14.7. The molecule has 0 amide bonds. The SMILES string of the molecule is CC(C)CN(c1nc(N)nc(-n2cccn2)n1)C(C)C. The van der Waals surface area contributed by atoms with Crippen molar-refractivity contribution in [2.75, 3.05) is 17.2 Å². The lowest BCUT2D eigenvalue weighted by atomic mass is 10.2. The summed E-state index contributed by atoms with van der Waals surface area (Å²) in [6.07, 6.45) is 3.45. The molecular weight excluding hydrogens is 254 g/mol. The van der Waals surface area contributed by atoms with E-state index in [1.165, 1.54) is 0 Å². The molecule has 0 saturated carbocycles. The summed E-state index contributed by atoms with van der Waals surface area (Å²) >= 11 is 0. The van der Waals surface area contributed by atoms with Crippen molar-refractivity contribution in [2.24, 2.45) is 5.92 Å². The second-order valence-corrected chi connectivity index (χ2v) is 5.38. The average Bonchev–Trinajstić information content (AvgIpc) is 2.88. The molecule has 0 bridgehead atoms. The molecule has 2 rings (SSSR count). The Kier molecular flexibility index (Phi) is 4.16. The second-order valence-electron chi connectivity index (χ2n) is 5.38. The Morgan fingerprint density at radius 2 is 1.95 bits per heavy atom. The van der Waals surface area contributed by atoms with Gasteiger partial charge in [-0.2, -0.15) is 20.1 Å². The van der Waals surface area contributed by atoms with Gasteiger partial charge in [0.25, 0.3) is 5.95 Å². The van der Waals surface area contributed by atoms with Gasteiger partial charge in [-0.05, 0) is 25.8 Å². The first-order valence-corrected chi connectivity index (χ1v) is 6.75. The molecule has 20 heavy (non-hydrogen) atoms. The monoisotopic (exact) mass is 275 g/mol. The fraction of sp³-hybridized carbons (Fsp3) is 0.538.